The molecule has 2 aliphatic heterocycles. The van der Waals surface area contributed by atoms with Gasteiger partial charge in [-0.15, -0.1) is 10.2 Å². The lowest BCUT2D eigenvalue weighted by atomic mass is 10.0. The Morgan fingerprint density at radius 1 is 1.00 bits per heavy atom. The number of aromatic nitrogens is 2. The van der Waals surface area contributed by atoms with Crippen molar-refractivity contribution in [2.24, 2.45) is 0 Å². The van der Waals surface area contributed by atoms with Gasteiger partial charge in [0.15, 0.2) is 0 Å². The zero-order valence-electron chi connectivity index (χ0n) is 15.2. The summed E-state index contributed by atoms with van der Waals surface area (Å²) in [6.45, 7) is 7.46. The first-order chi connectivity index (χ1) is 12.7. The molecule has 3 heterocycles. The van der Waals surface area contributed by atoms with E-state index in [2.05, 4.69) is 32.1 Å². The molecule has 138 valence electrons. The molecule has 0 saturated carbocycles. The van der Waals surface area contributed by atoms with Crippen LogP contribution in [0.25, 0.3) is 10.6 Å². The SMILES string of the molecule is CC(=O)N1CCN(C2CCN(c3nnc(-c4ccccc4)s3)CC2)CC1. The highest BCUT2D eigenvalue weighted by Crippen LogP contribution is 2.30. The summed E-state index contributed by atoms with van der Waals surface area (Å²) in [6, 6.07) is 10.9. The summed E-state index contributed by atoms with van der Waals surface area (Å²) in [5, 5.41) is 10.8. The number of hydrogen-bond donors (Lipinski definition) is 0. The Morgan fingerprint density at radius 3 is 2.35 bits per heavy atom. The number of nitrogens with zero attached hydrogens (tertiary/aromatic N) is 5. The molecule has 0 unspecified atom stereocenters. The molecule has 0 aliphatic carbocycles. The molecule has 0 radical (unpaired) electrons. The molecule has 0 spiro atoms. The molecule has 0 N–H and O–H groups in total. The number of carbonyl (C=O) groups excluding carboxylic acids is 1. The van der Waals surface area contributed by atoms with Crippen LogP contribution in [0.1, 0.15) is 19.8 Å². The monoisotopic (exact) mass is 371 g/mol. The summed E-state index contributed by atoms with van der Waals surface area (Å²) in [5.74, 6) is 0.199. The molecule has 1 aromatic carbocycles. The second-order valence-electron chi connectivity index (χ2n) is 7.02. The number of amides is 1. The van der Waals surface area contributed by atoms with Gasteiger partial charge in [-0.3, -0.25) is 9.69 Å². The Kier molecular flexibility index (Phi) is 5.17. The third-order valence-electron chi connectivity index (χ3n) is 5.45. The van der Waals surface area contributed by atoms with Crippen LogP contribution in [0.5, 0.6) is 0 Å². The number of carbonyl (C=O) groups is 1. The molecule has 1 aromatic heterocycles. The summed E-state index contributed by atoms with van der Waals surface area (Å²) in [5.41, 5.74) is 1.13. The van der Waals surface area contributed by atoms with Crippen LogP contribution < -0.4 is 4.90 Å². The maximum atomic E-state index is 11.5. The van der Waals surface area contributed by atoms with Crippen LogP contribution in [0, 0.1) is 0 Å². The van der Waals surface area contributed by atoms with Gasteiger partial charge in [0.1, 0.15) is 5.01 Å². The third-order valence-corrected chi connectivity index (χ3v) is 6.48. The number of piperazine rings is 1. The van der Waals surface area contributed by atoms with Crippen LogP contribution in [-0.2, 0) is 4.79 Å². The molecule has 4 rings (SSSR count). The molecule has 0 bridgehead atoms. The van der Waals surface area contributed by atoms with E-state index in [4.69, 9.17) is 0 Å². The van der Waals surface area contributed by atoms with Gasteiger partial charge >= 0.3 is 0 Å². The number of piperidine rings is 1. The summed E-state index contributed by atoms with van der Waals surface area (Å²) in [6.07, 6.45) is 2.31. The topological polar surface area (TPSA) is 52.6 Å². The number of hydrogen-bond acceptors (Lipinski definition) is 6. The lowest BCUT2D eigenvalue weighted by molar-refractivity contribution is -0.130. The largest absolute Gasteiger partial charge is 0.347 e. The van der Waals surface area contributed by atoms with E-state index < -0.39 is 0 Å². The highest BCUT2D eigenvalue weighted by Gasteiger charge is 2.29. The van der Waals surface area contributed by atoms with Crippen LogP contribution in [0.2, 0.25) is 0 Å². The molecule has 2 saturated heterocycles. The second kappa shape index (κ2) is 7.72. The molecule has 7 heteroatoms. The molecule has 1 amide bonds. The molecule has 0 atom stereocenters. The van der Waals surface area contributed by atoms with Crippen molar-refractivity contribution >= 4 is 22.4 Å². The lowest BCUT2D eigenvalue weighted by Gasteiger charge is -2.42. The zero-order valence-corrected chi connectivity index (χ0v) is 16.0. The van der Waals surface area contributed by atoms with Crippen molar-refractivity contribution in [1.82, 2.24) is 20.0 Å². The van der Waals surface area contributed by atoms with Crippen molar-refractivity contribution in [2.75, 3.05) is 44.2 Å². The van der Waals surface area contributed by atoms with Gasteiger partial charge in [0.25, 0.3) is 0 Å². The average molecular weight is 372 g/mol. The Labute approximate surface area is 158 Å². The van der Waals surface area contributed by atoms with Crippen LogP contribution in [0.15, 0.2) is 30.3 Å². The maximum absolute atomic E-state index is 11.5. The fraction of sp³-hybridized carbons (Fsp3) is 0.526. The molecule has 2 aliphatic rings. The smallest absolute Gasteiger partial charge is 0.219 e. The minimum atomic E-state index is 0.199. The van der Waals surface area contributed by atoms with Crippen LogP contribution in [0.4, 0.5) is 5.13 Å². The van der Waals surface area contributed by atoms with Gasteiger partial charge in [-0.25, -0.2) is 0 Å². The third kappa shape index (κ3) is 3.73. The van der Waals surface area contributed by atoms with Gasteiger partial charge in [-0.05, 0) is 12.8 Å². The number of anilines is 1. The van der Waals surface area contributed by atoms with E-state index in [0.717, 1.165) is 67.8 Å². The van der Waals surface area contributed by atoms with E-state index in [9.17, 15) is 4.79 Å². The zero-order chi connectivity index (χ0) is 17.9. The highest BCUT2D eigenvalue weighted by atomic mass is 32.1. The minimum absolute atomic E-state index is 0.199. The number of benzene rings is 1. The lowest BCUT2D eigenvalue weighted by Crippen LogP contribution is -2.54. The number of rotatable bonds is 3. The summed E-state index contributed by atoms with van der Waals surface area (Å²) in [7, 11) is 0. The first-order valence-electron chi connectivity index (χ1n) is 9.34. The predicted octanol–water partition coefficient (Wildman–Crippen LogP) is 2.34. The van der Waals surface area contributed by atoms with E-state index in [1.165, 1.54) is 0 Å². The Hall–Kier alpha value is -1.99. The average Bonchev–Trinajstić information content (AvgIpc) is 3.19. The van der Waals surface area contributed by atoms with Crippen LogP contribution in [-0.4, -0.2) is 71.2 Å². The van der Waals surface area contributed by atoms with Crippen molar-refractivity contribution in [1.29, 1.82) is 0 Å². The maximum Gasteiger partial charge on any atom is 0.219 e. The molecule has 6 nitrogen and oxygen atoms in total. The fourth-order valence-corrected chi connectivity index (χ4v) is 4.77. The summed E-state index contributed by atoms with van der Waals surface area (Å²) in [4.78, 5) is 18.4. The van der Waals surface area contributed by atoms with E-state index in [-0.39, 0.29) is 5.91 Å². The van der Waals surface area contributed by atoms with Gasteiger partial charge < -0.3 is 9.80 Å². The Balaban J connectivity index is 1.32. The standard InChI is InChI=1S/C19H25N5OS/c1-15(25)22-11-13-23(14-12-22)17-7-9-24(10-8-17)19-21-20-18(26-19)16-5-3-2-4-6-16/h2-6,17H,7-14H2,1H3. The molecular weight excluding hydrogens is 346 g/mol. The minimum Gasteiger partial charge on any atom is -0.347 e. The van der Waals surface area contributed by atoms with Crippen molar-refractivity contribution in [2.45, 2.75) is 25.8 Å². The Bertz CT molecular complexity index is 733. The van der Waals surface area contributed by atoms with E-state index in [0.29, 0.717) is 6.04 Å². The normalized spacial score (nSPS) is 19.7. The Morgan fingerprint density at radius 2 is 1.69 bits per heavy atom. The highest BCUT2D eigenvalue weighted by molar-refractivity contribution is 7.18. The van der Waals surface area contributed by atoms with E-state index >= 15 is 0 Å². The first kappa shape index (κ1) is 17.4. The second-order valence-corrected chi connectivity index (χ2v) is 7.97. The molecule has 2 fully saturated rings. The molecule has 2 aromatic rings. The fourth-order valence-electron chi connectivity index (χ4n) is 3.86. The van der Waals surface area contributed by atoms with Crippen molar-refractivity contribution in [3.8, 4) is 10.6 Å². The quantitative estimate of drug-likeness (QED) is 0.829. The van der Waals surface area contributed by atoms with Crippen molar-refractivity contribution in [3.63, 3.8) is 0 Å². The summed E-state index contributed by atoms with van der Waals surface area (Å²) < 4.78 is 0. The van der Waals surface area contributed by atoms with Gasteiger partial charge in [-0.1, -0.05) is 41.7 Å². The van der Waals surface area contributed by atoms with Gasteiger partial charge in [-0.2, -0.15) is 0 Å². The predicted molar refractivity (Wildman–Crippen MR) is 104 cm³/mol. The van der Waals surface area contributed by atoms with E-state index in [1.54, 1.807) is 18.3 Å². The van der Waals surface area contributed by atoms with Crippen molar-refractivity contribution < 1.29 is 4.79 Å². The van der Waals surface area contributed by atoms with Crippen molar-refractivity contribution in [3.05, 3.63) is 30.3 Å². The van der Waals surface area contributed by atoms with E-state index in [1.807, 2.05) is 23.1 Å². The van der Waals surface area contributed by atoms with Crippen LogP contribution in [0.3, 0.4) is 0 Å². The van der Waals surface area contributed by atoms with Gasteiger partial charge in [0, 0.05) is 57.8 Å². The van der Waals surface area contributed by atoms with Gasteiger partial charge in [0.2, 0.25) is 11.0 Å². The summed E-state index contributed by atoms with van der Waals surface area (Å²) >= 11 is 1.68. The molecule has 26 heavy (non-hydrogen) atoms. The molecular formula is C19H25N5OS. The van der Waals surface area contributed by atoms with Crippen LogP contribution >= 0.6 is 11.3 Å². The first-order valence-corrected chi connectivity index (χ1v) is 10.2. The van der Waals surface area contributed by atoms with Gasteiger partial charge in [0.05, 0.1) is 0 Å².